The highest BCUT2D eigenvalue weighted by atomic mass is 32.1. The van der Waals surface area contributed by atoms with Gasteiger partial charge in [0.1, 0.15) is 10.8 Å². The lowest BCUT2D eigenvalue weighted by atomic mass is 10.1. The van der Waals surface area contributed by atoms with E-state index >= 15 is 0 Å². The Morgan fingerprint density at radius 3 is 2.68 bits per heavy atom. The number of aromatic nitrogens is 1. The van der Waals surface area contributed by atoms with Gasteiger partial charge in [-0.25, -0.2) is 0 Å². The van der Waals surface area contributed by atoms with Crippen LogP contribution in [0.4, 0.5) is 5.00 Å². The molecule has 0 bridgehead atoms. The number of nitrogens with two attached hydrogens (primary N) is 1. The summed E-state index contributed by atoms with van der Waals surface area (Å²) in [6, 6.07) is 1.95. The van der Waals surface area contributed by atoms with Gasteiger partial charge in [0.15, 0.2) is 0 Å². The van der Waals surface area contributed by atoms with Crippen LogP contribution < -0.4 is 11.1 Å². The zero-order valence-corrected chi connectivity index (χ0v) is 16.8. The highest BCUT2D eigenvalue weighted by Gasteiger charge is 2.27. The SMILES string of the molecule is Cc1cc(CN2CCN(CC(=O)Nc3sc4c(c3C(N)=O)CCC4)CC2)no1. The predicted molar refractivity (Wildman–Crippen MR) is 106 cm³/mol. The Hall–Kier alpha value is -2.23. The van der Waals surface area contributed by atoms with Crippen molar-refractivity contribution in [3.05, 3.63) is 33.5 Å². The van der Waals surface area contributed by atoms with Crippen molar-refractivity contribution in [2.45, 2.75) is 32.7 Å². The fraction of sp³-hybridized carbons (Fsp3) is 0.526. The molecule has 2 aromatic rings. The molecule has 1 saturated heterocycles. The van der Waals surface area contributed by atoms with Crippen LogP contribution in [0.2, 0.25) is 0 Å². The van der Waals surface area contributed by atoms with Gasteiger partial charge in [0, 0.05) is 43.7 Å². The second kappa shape index (κ2) is 8.02. The minimum Gasteiger partial charge on any atom is -0.365 e. The molecule has 4 rings (SSSR count). The molecule has 1 fully saturated rings. The number of rotatable bonds is 6. The van der Waals surface area contributed by atoms with Crippen LogP contribution in [-0.2, 0) is 24.2 Å². The molecule has 0 atom stereocenters. The fourth-order valence-corrected chi connectivity index (χ4v) is 5.26. The Labute approximate surface area is 167 Å². The first-order valence-electron chi connectivity index (χ1n) is 9.60. The van der Waals surface area contributed by atoms with Crippen LogP contribution >= 0.6 is 11.3 Å². The highest BCUT2D eigenvalue weighted by molar-refractivity contribution is 7.17. The number of hydrogen-bond donors (Lipinski definition) is 2. The number of fused-ring (bicyclic) bond motifs is 1. The Morgan fingerprint density at radius 2 is 2.00 bits per heavy atom. The van der Waals surface area contributed by atoms with Crippen molar-refractivity contribution < 1.29 is 14.1 Å². The first-order chi connectivity index (χ1) is 13.5. The maximum absolute atomic E-state index is 12.5. The molecule has 2 amide bonds. The minimum atomic E-state index is -0.452. The molecule has 8 nitrogen and oxygen atoms in total. The molecule has 9 heteroatoms. The van der Waals surface area contributed by atoms with E-state index in [1.807, 2.05) is 13.0 Å². The summed E-state index contributed by atoms with van der Waals surface area (Å²) in [5.74, 6) is 0.273. The fourth-order valence-electron chi connectivity index (χ4n) is 3.95. The molecular weight excluding hydrogens is 378 g/mol. The number of nitrogens with zero attached hydrogens (tertiary/aromatic N) is 3. The minimum absolute atomic E-state index is 0.0944. The molecule has 28 heavy (non-hydrogen) atoms. The van der Waals surface area contributed by atoms with Crippen LogP contribution in [0.1, 0.15) is 38.7 Å². The quantitative estimate of drug-likeness (QED) is 0.755. The molecule has 150 valence electrons. The summed E-state index contributed by atoms with van der Waals surface area (Å²) < 4.78 is 5.11. The molecular formula is C19H25N5O3S. The standard InChI is InChI=1S/C19H25N5O3S/c1-12-9-13(22-27-12)10-23-5-7-24(8-6-23)11-16(25)21-19-17(18(20)26)14-3-2-4-15(14)28-19/h9H,2-8,10-11H2,1H3,(H2,20,26)(H,21,25). The van der Waals surface area contributed by atoms with Crippen molar-refractivity contribution in [1.29, 1.82) is 0 Å². The largest absolute Gasteiger partial charge is 0.365 e. The van der Waals surface area contributed by atoms with E-state index < -0.39 is 5.91 Å². The van der Waals surface area contributed by atoms with Crippen molar-refractivity contribution >= 4 is 28.2 Å². The number of carbonyl (C=O) groups excluding carboxylic acids is 2. The van der Waals surface area contributed by atoms with Gasteiger partial charge in [-0.2, -0.15) is 0 Å². The van der Waals surface area contributed by atoms with Crippen molar-refractivity contribution in [1.82, 2.24) is 15.0 Å². The summed E-state index contributed by atoms with van der Waals surface area (Å²) in [5.41, 5.74) is 8.04. The van der Waals surface area contributed by atoms with Crippen LogP contribution in [0.3, 0.4) is 0 Å². The van der Waals surface area contributed by atoms with E-state index in [1.54, 1.807) is 0 Å². The number of aryl methyl sites for hydroxylation is 2. The summed E-state index contributed by atoms with van der Waals surface area (Å²) in [6.07, 6.45) is 2.88. The zero-order valence-electron chi connectivity index (χ0n) is 16.0. The smallest absolute Gasteiger partial charge is 0.251 e. The molecule has 1 aliphatic heterocycles. The van der Waals surface area contributed by atoms with Gasteiger partial charge in [-0.1, -0.05) is 5.16 Å². The number of carbonyl (C=O) groups is 2. The Kier molecular flexibility index (Phi) is 5.47. The topological polar surface area (TPSA) is 105 Å². The zero-order chi connectivity index (χ0) is 19.7. The van der Waals surface area contributed by atoms with Crippen LogP contribution in [0.25, 0.3) is 0 Å². The lowest BCUT2D eigenvalue weighted by Crippen LogP contribution is -2.48. The molecule has 3 N–H and O–H groups in total. The Balaban J connectivity index is 1.29. The summed E-state index contributed by atoms with van der Waals surface area (Å²) in [4.78, 5) is 30.0. The number of nitrogens with one attached hydrogen (secondary N) is 1. The van der Waals surface area contributed by atoms with E-state index in [0.29, 0.717) is 17.1 Å². The molecule has 0 spiro atoms. The number of primary amides is 1. The number of hydrogen-bond acceptors (Lipinski definition) is 7. The van der Waals surface area contributed by atoms with E-state index in [9.17, 15) is 9.59 Å². The number of amides is 2. The van der Waals surface area contributed by atoms with E-state index in [-0.39, 0.29) is 5.91 Å². The van der Waals surface area contributed by atoms with Crippen LogP contribution in [0.5, 0.6) is 0 Å². The van der Waals surface area contributed by atoms with Crippen molar-refractivity contribution in [2.24, 2.45) is 5.73 Å². The number of piperazine rings is 1. The highest BCUT2D eigenvalue weighted by Crippen LogP contribution is 2.38. The maximum Gasteiger partial charge on any atom is 0.251 e. The van der Waals surface area contributed by atoms with Gasteiger partial charge >= 0.3 is 0 Å². The molecule has 0 saturated carbocycles. The van der Waals surface area contributed by atoms with Crippen LogP contribution in [-0.4, -0.2) is 59.5 Å². The molecule has 0 aromatic carbocycles. The third-order valence-corrected chi connectivity index (χ3v) is 6.52. The Morgan fingerprint density at radius 1 is 1.25 bits per heavy atom. The normalized spacial score (nSPS) is 17.6. The first kappa shape index (κ1) is 19.1. The third-order valence-electron chi connectivity index (χ3n) is 5.32. The van der Waals surface area contributed by atoms with Gasteiger partial charge in [0.2, 0.25) is 5.91 Å². The summed E-state index contributed by atoms with van der Waals surface area (Å²) in [6.45, 7) is 6.34. The van der Waals surface area contributed by atoms with Gasteiger partial charge in [-0.15, -0.1) is 11.3 Å². The Bertz CT molecular complexity index is 882. The second-order valence-electron chi connectivity index (χ2n) is 7.46. The average molecular weight is 404 g/mol. The summed E-state index contributed by atoms with van der Waals surface area (Å²) >= 11 is 1.50. The summed E-state index contributed by atoms with van der Waals surface area (Å²) in [7, 11) is 0. The molecule has 2 aliphatic rings. The van der Waals surface area contributed by atoms with Crippen LogP contribution in [0, 0.1) is 6.92 Å². The van der Waals surface area contributed by atoms with Gasteiger partial charge in [0.25, 0.3) is 5.91 Å². The molecule has 2 aromatic heterocycles. The van der Waals surface area contributed by atoms with E-state index in [2.05, 4.69) is 20.3 Å². The van der Waals surface area contributed by atoms with Gasteiger partial charge < -0.3 is 15.6 Å². The van der Waals surface area contributed by atoms with E-state index in [0.717, 1.165) is 69.0 Å². The molecule has 0 unspecified atom stereocenters. The van der Waals surface area contributed by atoms with Gasteiger partial charge in [-0.3, -0.25) is 19.4 Å². The molecule has 0 radical (unpaired) electrons. The van der Waals surface area contributed by atoms with Crippen molar-refractivity contribution in [3.63, 3.8) is 0 Å². The monoisotopic (exact) mass is 403 g/mol. The lowest BCUT2D eigenvalue weighted by molar-refractivity contribution is -0.117. The number of anilines is 1. The molecule has 1 aliphatic carbocycles. The van der Waals surface area contributed by atoms with Crippen molar-refractivity contribution in [2.75, 3.05) is 38.0 Å². The van der Waals surface area contributed by atoms with E-state index in [1.165, 1.54) is 16.2 Å². The number of thiophene rings is 1. The maximum atomic E-state index is 12.5. The lowest BCUT2D eigenvalue weighted by Gasteiger charge is -2.33. The average Bonchev–Trinajstić information content (AvgIpc) is 3.32. The molecule has 3 heterocycles. The predicted octanol–water partition coefficient (Wildman–Crippen LogP) is 1.39. The van der Waals surface area contributed by atoms with Crippen LogP contribution in [0.15, 0.2) is 10.6 Å². The van der Waals surface area contributed by atoms with Gasteiger partial charge in [-0.05, 0) is 31.7 Å². The summed E-state index contributed by atoms with van der Waals surface area (Å²) in [5, 5.41) is 7.57. The van der Waals surface area contributed by atoms with Crippen molar-refractivity contribution in [3.8, 4) is 0 Å². The second-order valence-corrected chi connectivity index (χ2v) is 8.56. The third kappa shape index (κ3) is 4.11. The first-order valence-corrected chi connectivity index (χ1v) is 10.4. The van der Waals surface area contributed by atoms with Gasteiger partial charge in [0.05, 0.1) is 17.8 Å². The van der Waals surface area contributed by atoms with E-state index in [4.69, 9.17) is 10.3 Å².